The van der Waals surface area contributed by atoms with E-state index in [1.807, 2.05) is 41.5 Å². The number of nitrogens with one attached hydrogen (secondary N) is 1. The number of hydrogen-bond donors (Lipinski definition) is 1. The van der Waals surface area contributed by atoms with Crippen LogP contribution in [-0.2, 0) is 28.4 Å². The van der Waals surface area contributed by atoms with Crippen molar-refractivity contribution in [2.75, 3.05) is 39.6 Å². The molecule has 0 radical (unpaired) electrons. The molecule has 0 aliphatic rings. The van der Waals surface area contributed by atoms with Crippen LogP contribution in [0.1, 0.15) is 41.5 Å². The largest absolute Gasteiger partial charge is 0.376 e. The van der Waals surface area contributed by atoms with E-state index < -0.39 is 11.8 Å². The van der Waals surface area contributed by atoms with E-state index >= 15 is 0 Å². The average molecular weight is 398 g/mol. The fraction of sp³-hybridized carbons (Fsp3) is 1.00. The van der Waals surface area contributed by atoms with E-state index in [9.17, 15) is 0 Å². The first kappa shape index (κ1) is 25.2. The molecule has 7 nitrogen and oxygen atoms in total. The maximum Gasteiger partial charge on any atom is 0.255 e. The smallest absolute Gasteiger partial charge is 0.255 e. The van der Waals surface area contributed by atoms with Gasteiger partial charge in [-0.3, -0.25) is 0 Å². The van der Waals surface area contributed by atoms with E-state index in [-0.39, 0.29) is 11.5 Å². The van der Waals surface area contributed by atoms with Crippen molar-refractivity contribution in [3.05, 3.63) is 0 Å². The molecule has 0 aromatic carbocycles. The molecule has 0 aliphatic carbocycles. The SMILES string of the molecule is CCOC([SiH3])C(NC(OCC)(OCC)C([SiH3])OCC)(OCC)OCC. The Balaban J connectivity index is 5.88. The van der Waals surface area contributed by atoms with Crippen LogP contribution in [-0.4, -0.2) is 83.4 Å². The molecule has 0 heterocycles. The second-order valence-corrected chi connectivity index (χ2v) is 7.48. The van der Waals surface area contributed by atoms with Crippen molar-refractivity contribution in [1.29, 1.82) is 0 Å². The molecular formula is C16H39NO6Si2. The van der Waals surface area contributed by atoms with Gasteiger partial charge in [-0.15, -0.1) is 0 Å². The number of rotatable bonds is 16. The standard InChI is InChI=1S/C16H39NO6Si2/c1-7-18-13(24)15(20-9-3,21-10-4)17-16(22-11-5,23-12-6)14(25)19-8-2/h13-14,17H,7-12H2,1-6,24-25H3. The lowest BCUT2D eigenvalue weighted by atomic mass is 10.3. The van der Waals surface area contributed by atoms with Gasteiger partial charge in [-0.1, -0.05) is 0 Å². The minimum absolute atomic E-state index is 0.242. The Morgan fingerprint density at radius 1 is 0.600 bits per heavy atom. The molecular weight excluding hydrogens is 358 g/mol. The molecule has 0 spiro atoms. The summed E-state index contributed by atoms with van der Waals surface area (Å²) >= 11 is 0. The summed E-state index contributed by atoms with van der Waals surface area (Å²) < 4.78 is 35.9. The van der Waals surface area contributed by atoms with Gasteiger partial charge >= 0.3 is 0 Å². The van der Waals surface area contributed by atoms with Gasteiger partial charge in [0, 0.05) is 60.1 Å². The van der Waals surface area contributed by atoms with Crippen LogP contribution in [0.3, 0.4) is 0 Å². The first-order valence-corrected chi connectivity index (χ1v) is 11.8. The normalized spacial score (nSPS) is 15.6. The van der Waals surface area contributed by atoms with Crippen LogP contribution >= 0.6 is 0 Å². The molecule has 0 saturated heterocycles. The van der Waals surface area contributed by atoms with Gasteiger partial charge in [-0.25, -0.2) is 5.32 Å². The molecule has 0 fully saturated rings. The van der Waals surface area contributed by atoms with Crippen molar-refractivity contribution < 1.29 is 28.4 Å². The van der Waals surface area contributed by atoms with Crippen LogP contribution in [0.25, 0.3) is 0 Å². The van der Waals surface area contributed by atoms with Crippen molar-refractivity contribution in [3.63, 3.8) is 0 Å². The zero-order valence-electron chi connectivity index (χ0n) is 17.3. The maximum atomic E-state index is 6.04. The summed E-state index contributed by atoms with van der Waals surface area (Å²) in [4.78, 5) is 0. The minimum atomic E-state index is -1.14. The molecule has 0 amide bonds. The Bertz CT molecular complexity index is 296. The molecule has 152 valence electrons. The predicted octanol–water partition coefficient (Wildman–Crippen LogP) is -0.514. The summed E-state index contributed by atoms with van der Waals surface area (Å²) in [5.74, 6) is -2.29. The third kappa shape index (κ3) is 7.35. The third-order valence-corrected chi connectivity index (χ3v) is 5.87. The van der Waals surface area contributed by atoms with Crippen LogP contribution in [0.5, 0.6) is 0 Å². The molecule has 2 unspecified atom stereocenters. The van der Waals surface area contributed by atoms with Crippen molar-refractivity contribution in [3.8, 4) is 0 Å². The summed E-state index contributed by atoms with van der Waals surface area (Å²) in [6.07, 6.45) is 0. The molecule has 9 heteroatoms. The molecule has 0 saturated carbocycles. The van der Waals surface area contributed by atoms with Gasteiger partial charge in [0.25, 0.3) is 11.8 Å². The Morgan fingerprint density at radius 3 is 1.08 bits per heavy atom. The summed E-state index contributed by atoms with van der Waals surface area (Å²) in [6, 6.07) is 0. The Kier molecular flexibility index (Phi) is 13.4. The monoisotopic (exact) mass is 397 g/mol. The lowest BCUT2D eigenvalue weighted by Crippen LogP contribution is -2.72. The van der Waals surface area contributed by atoms with Crippen LogP contribution in [0.15, 0.2) is 0 Å². The van der Waals surface area contributed by atoms with Crippen LogP contribution in [0.4, 0.5) is 0 Å². The second kappa shape index (κ2) is 13.3. The zero-order valence-corrected chi connectivity index (χ0v) is 21.3. The van der Waals surface area contributed by atoms with Gasteiger partial charge < -0.3 is 28.4 Å². The zero-order chi connectivity index (χ0) is 19.3. The highest BCUT2D eigenvalue weighted by Crippen LogP contribution is 2.26. The number of hydrogen-bond acceptors (Lipinski definition) is 7. The molecule has 1 N–H and O–H groups in total. The maximum absolute atomic E-state index is 6.04. The van der Waals surface area contributed by atoms with Crippen molar-refractivity contribution >= 4 is 20.5 Å². The fourth-order valence-electron chi connectivity index (χ4n) is 2.72. The van der Waals surface area contributed by atoms with Crippen molar-refractivity contribution in [2.45, 2.75) is 64.8 Å². The third-order valence-electron chi connectivity index (χ3n) is 3.69. The van der Waals surface area contributed by atoms with Crippen LogP contribution in [0, 0.1) is 0 Å². The molecule has 0 bridgehead atoms. The molecule has 0 aromatic rings. The average Bonchev–Trinajstić information content (AvgIpc) is 2.56. The summed E-state index contributed by atoms with van der Waals surface area (Å²) in [5.41, 5.74) is -0.485. The van der Waals surface area contributed by atoms with Crippen LogP contribution in [0.2, 0.25) is 0 Å². The first-order chi connectivity index (χ1) is 11.9. The van der Waals surface area contributed by atoms with Gasteiger partial charge in [-0.2, -0.15) is 0 Å². The Morgan fingerprint density at radius 2 is 0.880 bits per heavy atom. The topological polar surface area (TPSA) is 67.4 Å². The first-order valence-electron chi connectivity index (χ1n) is 9.49. The lowest BCUT2D eigenvalue weighted by molar-refractivity contribution is -0.370. The summed E-state index contributed by atoms with van der Waals surface area (Å²) in [5, 5.41) is 3.38. The van der Waals surface area contributed by atoms with Crippen molar-refractivity contribution in [2.24, 2.45) is 0 Å². The Labute approximate surface area is 159 Å². The minimum Gasteiger partial charge on any atom is -0.376 e. The van der Waals surface area contributed by atoms with E-state index in [4.69, 9.17) is 28.4 Å². The van der Waals surface area contributed by atoms with E-state index in [0.717, 1.165) is 0 Å². The highest BCUT2D eigenvalue weighted by Gasteiger charge is 2.50. The Hall–Kier alpha value is 0.154. The van der Waals surface area contributed by atoms with E-state index in [1.165, 1.54) is 0 Å². The van der Waals surface area contributed by atoms with Gasteiger partial charge in [-0.05, 0) is 41.5 Å². The molecule has 0 rings (SSSR count). The van der Waals surface area contributed by atoms with E-state index in [1.54, 1.807) is 0 Å². The molecule has 0 aliphatic heterocycles. The molecule has 0 aromatic heterocycles. The van der Waals surface area contributed by atoms with Crippen molar-refractivity contribution in [1.82, 2.24) is 5.32 Å². The molecule has 25 heavy (non-hydrogen) atoms. The summed E-state index contributed by atoms with van der Waals surface area (Å²) in [6.45, 7) is 14.6. The highest BCUT2D eigenvalue weighted by atomic mass is 28.1. The van der Waals surface area contributed by atoms with Gasteiger partial charge in [0.05, 0.1) is 0 Å². The van der Waals surface area contributed by atoms with Gasteiger partial charge in [0.15, 0.2) is 0 Å². The highest BCUT2D eigenvalue weighted by molar-refractivity contribution is 6.12. The van der Waals surface area contributed by atoms with Gasteiger partial charge in [0.2, 0.25) is 0 Å². The van der Waals surface area contributed by atoms with Crippen LogP contribution < -0.4 is 5.32 Å². The van der Waals surface area contributed by atoms with Gasteiger partial charge in [0.1, 0.15) is 11.5 Å². The fourth-order valence-corrected chi connectivity index (χ4v) is 4.34. The lowest BCUT2D eigenvalue weighted by Gasteiger charge is -2.47. The van der Waals surface area contributed by atoms with E-state index in [0.29, 0.717) is 60.1 Å². The van der Waals surface area contributed by atoms with E-state index in [2.05, 4.69) is 5.32 Å². The second-order valence-electron chi connectivity index (χ2n) is 5.39. The summed E-state index contributed by atoms with van der Waals surface area (Å²) in [7, 11) is 1.42. The number of ether oxygens (including phenoxy) is 6. The predicted molar refractivity (Wildman–Crippen MR) is 106 cm³/mol. The molecule has 2 atom stereocenters. The quantitative estimate of drug-likeness (QED) is 0.278.